The lowest BCUT2D eigenvalue weighted by Gasteiger charge is -2.29. The molecule has 5 atom stereocenters. The van der Waals surface area contributed by atoms with Crippen molar-refractivity contribution in [3.05, 3.63) is 36.0 Å². The lowest BCUT2D eigenvalue weighted by atomic mass is 10.0. The summed E-state index contributed by atoms with van der Waals surface area (Å²) in [4.78, 5) is 66.2. The first-order valence-electron chi connectivity index (χ1n) is 12.3. The smallest absolute Gasteiger partial charge is 0.326 e. The first-order valence-corrected chi connectivity index (χ1v) is 12.3. The number of H-pyrrole nitrogens is 1. The molecule has 1 saturated heterocycles. The van der Waals surface area contributed by atoms with Crippen LogP contribution in [-0.2, 0) is 30.4 Å². The van der Waals surface area contributed by atoms with Crippen molar-refractivity contribution in [3.8, 4) is 0 Å². The van der Waals surface area contributed by atoms with Gasteiger partial charge in [0.25, 0.3) is 0 Å². The van der Waals surface area contributed by atoms with Crippen molar-refractivity contribution in [2.24, 2.45) is 5.73 Å². The van der Waals surface area contributed by atoms with Gasteiger partial charge >= 0.3 is 11.9 Å². The van der Waals surface area contributed by atoms with Crippen LogP contribution in [0.5, 0.6) is 0 Å². The van der Waals surface area contributed by atoms with Crippen LogP contribution in [0.4, 0.5) is 0 Å². The topological polar surface area (TPSA) is 215 Å². The van der Waals surface area contributed by atoms with E-state index in [1.54, 1.807) is 6.20 Å². The molecule has 0 radical (unpaired) electrons. The second-order valence-electron chi connectivity index (χ2n) is 9.41. The molecule has 0 saturated carbocycles. The molecule has 0 bridgehead atoms. The number of hydrogen-bond acceptors (Lipinski definition) is 7. The second-order valence-corrected chi connectivity index (χ2v) is 9.41. The van der Waals surface area contributed by atoms with Gasteiger partial charge in [-0.2, -0.15) is 0 Å². The third-order valence-corrected chi connectivity index (χ3v) is 6.64. The van der Waals surface area contributed by atoms with Gasteiger partial charge in [0.05, 0.1) is 6.10 Å². The first kappa shape index (κ1) is 28.6. The van der Waals surface area contributed by atoms with E-state index in [0.717, 1.165) is 10.9 Å². The molecule has 0 aliphatic carbocycles. The van der Waals surface area contributed by atoms with Gasteiger partial charge in [0.2, 0.25) is 17.7 Å². The highest BCUT2D eigenvalue weighted by molar-refractivity contribution is 5.95. The number of aliphatic hydroxyl groups excluding tert-OH is 1. The van der Waals surface area contributed by atoms with Crippen LogP contribution in [0.25, 0.3) is 10.9 Å². The average Bonchev–Trinajstić information content (AvgIpc) is 3.52. The molecule has 1 aliphatic rings. The number of aromatic amines is 1. The van der Waals surface area contributed by atoms with Gasteiger partial charge in [0.15, 0.2) is 0 Å². The number of carboxylic acid groups (broad SMARTS) is 2. The van der Waals surface area contributed by atoms with Gasteiger partial charge < -0.3 is 41.6 Å². The Morgan fingerprint density at radius 2 is 1.84 bits per heavy atom. The SMILES string of the molecule is CC(O)C(N)C(=O)N1CCCC1C(=O)NC(Cc1c[nH]c2ccccc12)C(=O)NC(CCC(=O)O)C(=O)O. The van der Waals surface area contributed by atoms with E-state index in [9.17, 15) is 34.2 Å². The summed E-state index contributed by atoms with van der Waals surface area (Å²) in [5, 5.41) is 33.9. The Morgan fingerprint density at radius 3 is 2.50 bits per heavy atom. The fraction of sp³-hybridized carbons (Fsp3) is 0.480. The lowest BCUT2D eigenvalue weighted by molar-refractivity contribution is -0.144. The molecular formula is C25H33N5O8. The predicted octanol–water partition coefficient (Wildman–Crippen LogP) is -0.671. The normalized spacial score (nSPS) is 18.4. The number of carbonyl (C=O) groups is 5. The highest BCUT2D eigenvalue weighted by atomic mass is 16.4. The molecule has 38 heavy (non-hydrogen) atoms. The molecule has 1 aromatic carbocycles. The van der Waals surface area contributed by atoms with Gasteiger partial charge in [-0.15, -0.1) is 0 Å². The van der Waals surface area contributed by atoms with E-state index in [1.165, 1.54) is 11.8 Å². The summed E-state index contributed by atoms with van der Waals surface area (Å²) in [6, 6.07) is 2.48. The number of rotatable bonds is 12. The number of nitrogens with zero attached hydrogens (tertiary/aromatic N) is 1. The molecule has 0 spiro atoms. The average molecular weight is 532 g/mol. The minimum Gasteiger partial charge on any atom is -0.481 e. The number of carbonyl (C=O) groups excluding carboxylic acids is 3. The number of amides is 3. The Morgan fingerprint density at radius 1 is 1.13 bits per heavy atom. The van der Waals surface area contributed by atoms with Crippen molar-refractivity contribution in [3.63, 3.8) is 0 Å². The molecule has 1 fully saturated rings. The molecule has 1 aliphatic heterocycles. The van der Waals surface area contributed by atoms with Crippen LogP contribution in [0.1, 0.15) is 38.2 Å². The summed E-state index contributed by atoms with van der Waals surface area (Å²) in [5.74, 6) is -4.63. The van der Waals surface area contributed by atoms with Crippen molar-refractivity contribution in [1.82, 2.24) is 20.5 Å². The van der Waals surface area contributed by atoms with Crippen molar-refractivity contribution in [2.75, 3.05) is 6.54 Å². The zero-order valence-electron chi connectivity index (χ0n) is 20.9. The molecule has 13 heteroatoms. The van der Waals surface area contributed by atoms with Crippen molar-refractivity contribution >= 4 is 40.6 Å². The largest absolute Gasteiger partial charge is 0.481 e. The van der Waals surface area contributed by atoms with Gasteiger partial charge in [-0.1, -0.05) is 18.2 Å². The number of nitrogens with one attached hydrogen (secondary N) is 3. The molecular weight excluding hydrogens is 498 g/mol. The molecule has 8 N–H and O–H groups in total. The van der Waals surface area contributed by atoms with Gasteiger partial charge in [-0.25, -0.2) is 4.79 Å². The Bertz CT molecular complexity index is 1200. The van der Waals surface area contributed by atoms with Crippen LogP contribution in [-0.4, -0.2) is 91.7 Å². The van der Waals surface area contributed by atoms with Gasteiger partial charge in [-0.05, 0) is 37.8 Å². The highest BCUT2D eigenvalue weighted by Gasteiger charge is 2.39. The van der Waals surface area contributed by atoms with Crippen LogP contribution >= 0.6 is 0 Å². The van der Waals surface area contributed by atoms with Crippen LogP contribution in [0, 0.1) is 0 Å². The van der Waals surface area contributed by atoms with E-state index in [-0.39, 0.29) is 19.4 Å². The maximum absolute atomic E-state index is 13.3. The summed E-state index contributed by atoms with van der Waals surface area (Å²) in [6.07, 6.45) is 0.592. The van der Waals surface area contributed by atoms with E-state index in [0.29, 0.717) is 18.4 Å². The van der Waals surface area contributed by atoms with Crippen LogP contribution in [0.2, 0.25) is 0 Å². The monoisotopic (exact) mass is 531 g/mol. The standard InChI is InChI=1S/C25H33N5O8/c1-13(31)21(26)24(36)30-10-4-7-19(30)23(35)29-18(11-14-12-27-16-6-3-2-5-15(14)16)22(34)28-17(25(37)38)8-9-20(32)33/h2-3,5-6,12-13,17-19,21,27,31H,4,7-11,26H2,1H3,(H,28,34)(H,29,35)(H,32,33)(H,37,38). The summed E-state index contributed by atoms with van der Waals surface area (Å²) < 4.78 is 0. The molecule has 2 aromatic rings. The number of para-hydroxylation sites is 1. The molecule has 3 rings (SSSR count). The quantitative estimate of drug-likeness (QED) is 0.184. The number of carboxylic acids is 2. The predicted molar refractivity (Wildman–Crippen MR) is 135 cm³/mol. The van der Waals surface area contributed by atoms with E-state index in [2.05, 4.69) is 15.6 Å². The summed E-state index contributed by atoms with van der Waals surface area (Å²) in [7, 11) is 0. The van der Waals surface area contributed by atoms with Crippen LogP contribution in [0.3, 0.4) is 0 Å². The van der Waals surface area contributed by atoms with E-state index in [1.807, 2.05) is 24.3 Å². The Labute approximate surface area is 218 Å². The summed E-state index contributed by atoms with van der Waals surface area (Å²) in [5.41, 5.74) is 7.28. The third-order valence-electron chi connectivity index (χ3n) is 6.64. The molecule has 5 unspecified atom stereocenters. The maximum atomic E-state index is 13.3. The number of benzene rings is 1. The zero-order valence-corrected chi connectivity index (χ0v) is 20.9. The van der Waals surface area contributed by atoms with Gasteiger partial charge in [-0.3, -0.25) is 19.2 Å². The number of aromatic nitrogens is 1. The lowest BCUT2D eigenvalue weighted by Crippen LogP contribution is -2.58. The van der Waals surface area contributed by atoms with Crippen molar-refractivity contribution in [2.45, 2.75) is 69.3 Å². The van der Waals surface area contributed by atoms with Crippen LogP contribution in [0.15, 0.2) is 30.5 Å². The number of nitrogens with two attached hydrogens (primary N) is 1. The molecule has 13 nitrogen and oxygen atoms in total. The Kier molecular flexibility index (Phi) is 9.42. The Hall–Kier alpha value is -3.97. The zero-order chi connectivity index (χ0) is 28.0. The number of hydrogen-bond donors (Lipinski definition) is 7. The number of fused-ring (bicyclic) bond motifs is 1. The van der Waals surface area contributed by atoms with Gasteiger partial charge in [0.1, 0.15) is 24.2 Å². The van der Waals surface area contributed by atoms with E-state index < -0.39 is 66.4 Å². The minimum atomic E-state index is -1.48. The molecule has 3 amide bonds. The molecule has 1 aromatic heterocycles. The van der Waals surface area contributed by atoms with E-state index in [4.69, 9.17) is 10.8 Å². The molecule has 206 valence electrons. The van der Waals surface area contributed by atoms with Crippen molar-refractivity contribution in [1.29, 1.82) is 0 Å². The fourth-order valence-corrected chi connectivity index (χ4v) is 4.50. The number of likely N-dealkylation sites (tertiary alicyclic amines) is 1. The highest BCUT2D eigenvalue weighted by Crippen LogP contribution is 2.21. The van der Waals surface area contributed by atoms with Gasteiger partial charge in [0, 0.05) is 36.5 Å². The van der Waals surface area contributed by atoms with Crippen molar-refractivity contribution < 1.29 is 39.3 Å². The molecule has 2 heterocycles. The second kappa shape index (κ2) is 12.5. The third kappa shape index (κ3) is 6.86. The summed E-state index contributed by atoms with van der Waals surface area (Å²) in [6.45, 7) is 1.63. The fourth-order valence-electron chi connectivity index (χ4n) is 4.50. The van der Waals surface area contributed by atoms with Crippen LogP contribution < -0.4 is 16.4 Å². The van der Waals surface area contributed by atoms with E-state index >= 15 is 0 Å². The Balaban J connectivity index is 1.83. The summed E-state index contributed by atoms with van der Waals surface area (Å²) >= 11 is 0. The maximum Gasteiger partial charge on any atom is 0.326 e. The number of aliphatic hydroxyl groups is 1. The first-order chi connectivity index (χ1) is 18.0. The minimum absolute atomic E-state index is 0.000705. The number of aliphatic carboxylic acids is 2.